The largest absolute Gasteiger partial charge is 0.497 e. The fourth-order valence-corrected chi connectivity index (χ4v) is 6.59. The molecule has 10 heteroatoms. The molecule has 2 bridgehead atoms. The Labute approximate surface area is 263 Å². The number of ether oxygens (including phenoxy) is 1. The number of fused-ring (bicyclic) bond motifs is 4. The fourth-order valence-electron chi connectivity index (χ4n) is 6.16. The molecule has 2 aliphatic heterocycles. The number of carbonyl (C=O) groups excluding carboxylic acids is 3. The predicted octanol–water partition coefficient (Wildman–Crippen LogP) is 5.95. The molecule has 6 rings (SSSR count). The molecular weight excluding hydrogens is 624 g/mol. The summed E-state index contributed by atoms with van der Waals surface area (Å²) in [6.07, 6.45) is 0.984. The van der Waals surface area contributed by atoms with Crippen molar-refractivity contribution < 1.29 is 19.1 Å². The van der Waals surface area contributed by atoms with Crippen LogP contribution in [0, 0.1) is 5.92 Å². The van der Waals surface area contributed by atoms with Crippen LogP contribution >= 0.6 is 15.9 Å². The molecule has 0 unspecified atom stereocenters. The number of hydrogen-bond acceptors (Lipinski definition) is 6. The molecule has 3 aromatic carbocycles. The van der Waals surface area contributed by atoms with Gasteiger partial charge in [-0.3, -0.25) is 19.2 Å². The number of amides is 2. The summed E-state index contributed by atoms with van der Waals surface area (Å²) in [6, 6.07) is 22.6. The van der Waals surface area contributed by atoms with Gasteiger partial charge >= 0.3 is 0 Å². The quantitative estimate of drug-likeness (QED) is 0.238. The highest BCUT2D eigenvalue weighted by Gasteiger charge is 2.35. The number of ketones is 1. The maximum atomic E-state index is 13.6. The molecule has 0 radical (unpaired) electrons. The normalized spacial score (nSPS) is 16.9. The van der Waals surface area contributed by atoms with Crippen molar-refractivity contribution >= 4 is 50.6 Å². The van der Waals surface area contributed by atoms with Crippen LogP contribution in [-0.4, -0.2) is 42.4 Å². The lowest BCUT2D eigenvalue weighted by atomic mass is 9.83. The summed E-state index contributed by atoms with van der Waals surface area (Å²) in [5.74, 6) is 0.116. The van der Waals surface area contributed by atoms with Crippen molar-refractivity contribution in [3.05, 3.63) is 116 Å². The van der Waals surface area contributed by atoms with Crippen LogP contribution in [-0.2, 0) is 6.54 Å². The minimum absolute atomic E-state index is 0.0201. The Morgan fingerprint density at radius 2 is 1.68 bits per heavy atom. The first-order chi connectivity index (χ1) is 21.2. The minimum Gasteiger partial charge on any atom is -0.497 e. The first-order valence-corrected chi connectivity index (χ1v) is 15.2. The molecule has 1 aromatic heterocycles. The van der Waals surface area contributed by atoms with Crippen LogP contribution < -0.4 is 25.8 Å². The number of halogens is 1. The smallest absolute Gasteiger partial charge is 0.257 e. The number of aromatic nitrogens is 1. The molecule has 0 saturated carbocycles. The molecule has 224 valence electrons. The number of Topliss-reactive ketones (excluding diaryl/α,β-unsaturated/α-hetero) is 1. The summed E-state index contributed by atoms with van der Waals surface area (Å²) in [6.45, 7) is 3.47. The number of nitrogens with one attached hydrogen (secondary N) is 2. The summed E-state index contributed by atoms with van der Waals surface area (Å²) >= 11 is 3.47. The van der Waals surface area contributed by atoms with E-state index in [1.807, 2.05) is 22.8 Å². The standard InChI is InChI=1S/C34H31BrN4O5/c1-20(40)22-5-3-6-25(14-22)36-33(42)23-9-12-31(29(15-23)37-34(43)27-16-26(44-2)10-11-28(27)35)38-17-21-13-24(19-38)30-7-4-8-32(41)39(30)18-21/h3-12,14-16,21,24H,13,17-19H2,1-2H3,(H,36,42)(H,37,43)/t21-,24+/m1/s1. The number of methoxy groups -OCH3 is 1. The van der Waals surface area contributed by atoms with E-state index in [2.05, 4.69) is 31.5 Å². The van der Waals surface area contributed by atoms with Gasteiger partial charge < -0.3 is 24.8 Å². The van der Waals surface area contributed by atoms with Gasteiger partial charge in [0.05, 0.1) is 24.0 Å². The topological polar surface area (TPSA) is 110 Å². The maximum Gasteiger partial charge on any atom is 0.257 e. The van der Waals surface area contributed by atoms with E-state index in [0.717, 1.165) is 17.8 Å². The molecule has 0 aliphatic carbocycles. The van der Waals surface area contributed by atoms with Crippen molar-refractivity contribution in [3.8, 4) is 5.75 Å². The number of nitrogens with zero attached hydrogens (tertiary/aromatic N) is 2. The van der Waals surface area contributed by atoms with E-state index in [9.17, 15) is 19.2 Å². The Morgan fingerprint density at radius 1 is 0.864 bits per heavy atom. The molecule has 1 saturated heterocycles. The fraction of sp³-hybridized carbons (Fsp3) is 0.235. The van der Waals surface area contributed by atoms with Gasteiger partial charge in [-0.1, -0.05) is 18.2 Å². The Morgan fingerprint density at radius 3 is 2.48 bits per heavy atom. The van der Waals surface area contributed by atoms with E-state index in [-0.39, 0.29) is 35.0 Å². The number of carbonyl (C=O) groups is 3. The number of hydrogen-bond donors (Lipinski definition) is 2. The molecule has 0 spiro atoms. The van der Waals surface area contributed by atoms with Crippen molar-refractivity contribution in [2.24, 2.45) is 5.92 Å². The summed E-state index contributed by atoms with van der Waals surface area (Å²) in [5, 5.41) is 5.91. The van der Waals surface area contributed by atoms with Gasteiger partial charge in [0.1, 0.15) is 5.75 Å². The van der Waals surface area contributed by atoms with Crippen molar-refractivity contribution in [2.45, 2.75) is 25.8 Å². The van der Waals surface area contributed by atoms with E-state index < -0.39 is 0 Å². The van der Waals surface area contributed by atoms with Gasteiger partial charge in [0, 0.05) is 58.6 Å². The predicted molar refractivity (Wildman–Crippen MR) is 173 cm³/mol. The Bertz CT molecular complexity index is 1850. The molecule has 2 N–H and O–H groups in total. The summed E-state index contributed by atoms with van der Waals surface area (Å²) in [4.78, 5) is 53.6. The highest BCUT2D eigenvalue weighted by Crippen LogP contribution is 2.39. The van der Waals surface area contributed by atoms with Gasteiger partial charge in [0.25, 0.3) is 17.4 Å². The van der Waals surface area contributed by atoms with Gasteiger partial charge in [0.2, 0.25) is 0 Å². The third-order valence-electron chi connectivity index (χ3n) is 8.27. The SMILES string of the molecule is COc1ccc(Br)c(C(=O)Nc2cc(C(=O)Nc3cccc(C(C)=O)c3)ccc2N2C[C@H]3C[C@@H](C2)c2cccc(=O)n2C3)c1. The lowest BCUT2D eigenvalue weighted by Crippen LogP contribution is -2.47. The summed E-state index contributed by atoms with van der Waals surface area (Å²) < 4.78 is 7.82. The number of benzene rings is 3. The molecule has 1 fully saturated rings. The van der Waals surface area contributed by atoms with Gasteiger partial charge in [0.15, 0.2) is 5.78 Å². The van der Waals surface area contributed by atoms with E-state index in [1.54, 1.807) is 60.7 Å². The number of rotatable bonds is 7. The van der Waals surface area contributed by atoms with Crippen molar-refractivity contribution in [3.63, 3.8) is 0 Å². The highest BCUT2D eigenvalue weighted by molar-refractivity contribution is 9.10. The molecule has 3 heterocycles. The molecular formula is C34H31BrN4O5. The van der Waals surface area contributed by atoms with Crippen LogP contribution in [0.3, 0.4) is 0 Å². The minimum atomic E-state index is -0.376. The zero-order valence-electron chi connectivity index (χ0n) is 24.3. The van der Waals surface area contributed by atoms with Gasteiger partial charge in [-0.15, -0.1) is 0 Å². The van der Waals surface area contributed by atoms with E-state index in [1.165, 1.54) is 14.0 Å². The van der Waals surface area contributed by atoms with Crippen LogP contribution in [0.15, 0.2) is 88.1 Å². The summed E-state index contributed by atoms with van der Waals surface area (Å²) in [7, 11) is 1.54. The van der Waals surface area contributed by atoms with E-state index in [0.29, 0.717) is 57.9 Å². The lowest BCUT2D eigenvalue weighted by Gasteiger charge is -2.44. The highest BCUT2D eigenvalue weighted by atomic mass is 79.9. The second-order valence-electron chi connectivity index (χ2n) is 11.2. The lowest BCUT2D eigenvalue weighted by molar-refractivity contribution is 0.101. The Hall–Kier alpha value is -4.70. The summed E-state index contributed by atoms with van der Waals surface area (Å²) in [5.41, 5.74) is 4.03. The molecule has 4 aromatic rings. The van der Waals surface area contributed by atoms with Gasteiger partial charge in [-0.05, 0) is 89.8 Å². The number of piperidine rings is 1. The first kappa shape index (κ1) is 29.4. The van der Waals surface area contributed by atoms with Gasteiger partial charge in [-0.2, -0.15) is 0 Å². The van der Waals surface area contributed by atoms with Crippen molar-refractivity contribution in [1.29, 1.82) is 0 Å². The third kappa shape index (κ3) is 5.90. The van der Waals surface area contributed by atoms with Crippen LogP contribution in [0.5, 0.6) is 5.75 Å². The third-order valence-corrected chi connectivity index (χ3v) is 8.96. The van der Waals surface area contributed by atoms with Crippen molar-refractivity contribution in [1.82, 2.24) is 4.57 Å². The van der Waals surface area contributed by atoms with Crippen LogP contribution in [0.2, 0.25) is 0 Å². The zero-order valence-corrected chi connectivity index (χ0v) is 25.9. The number of pyridine rings is 1. The Kier molecular flexibility index (Phi) is 8.09. The molecule has 9 nitrogen and oxygen atoms in total. The monoisotopic (exact) mass is 654 g/mol. The molecule has 44 heavy (non-hydrogen) atoms. The molecule has 2 amide bonds. The molecule has 2 atom stereocenters. The van der Waals surface area contributed by atoms with E-state index in [4.69, 9.17) is 4.74 Å². The van der Waals surface area contributed by atoms with Crippen LogP contribution in [0.25, 0.3) is 0 Å². The van der Waals surface area contributed by atoms with Crippen molar-refractivity contribution in [2.75, 3.05) is 35.7 Å². The van der Waals surface area contributed by atoms with E-state index >= 15 is 0 Å². The van der Waals surface area contributed by atoms with Crippen LogP contribution in [0.4, 0.5) is 17.1 Å². The average Bonchev–Trinajstić information content (AvgIpc) is 3.01. The second-order valence-corrected chi connectivity index (χ2v) is 12.1. The van der Waals surface area contributed by atoms with Gasteiger partial charge in [-0.25, -0.2) is 0 Å². The van der Waals surface area contributed by atoms with Crippen LogP contribution in [0.1, 0.15) is 56.0 Å². The Balaban J connectivity index is 1.34. The first-order valence-electron chi connectivity index (χ1n) is 14.4. The zero-order chi connectivity index (χ0) is 31.0. The maximum absolute atomic E-state index is 13.6. The average molecular weight is 656 g/mol. The second kappa shape index (κ2) is 12.1. The number of anilines is 3. The molecule has 2 aliphatic rings.